The predicted molar refractivity (Wildman–Crippen MR) is 165 cm³/mol. The van der Waals surface area contributed by atoms with E-state index in [0.29, 0.717) is 68.8 Å². The minimum absolute atomic E-state index is 0.0625. The molecule has 0 N–H and O–H groups in total. The first-order valence-electron chi connectivity index (χ1n) is 13.8. The number of nitrogens with zero attached hydrogens (tertiary/aromatic N) is 4. The molecule has 3 aromatic rings. The van der Waals surface area contributed by atoms with E-state index in [2.05, 4.69) is 21.0 Å². The SMILES string of the molecule is CC(C)(C(=O)c1ccc(Sc2ccc(/C(CCCCC#N)=N/OC(=O)[N+](=O)[O-])cc2)c(-c2cccs2)c1)N1CCOCC1. The van der Waals surface area contributed by atoms with Gasteiger partial charge in [0, 0.05) is 45.3 Å². The van der Waals surface area contributed by atoms with Crippen molar-refractivity contribution >= 4 is 40.7 Å². The zero-order chi connectivity index (χ0) is 30.8. The zero-order valence-electron chi connectivity index (χ0n) is 24.0. The third-order valence-electron chi connectivity index (χ3n) is 7.14. The molecule has 224 valence electrons. The van der Waals surface area contributed by atoms with E-state index >= 15 is 0 Å². The lowest BCUT2D eigenvalue weighted by molar-refractivity contribution is -0.396. The number of ether oxygens (including phenoxy) is 1. The summed E-state index contributed by atoms with van der Waals surface area (Å²) in [7, 11) is 0. The van der Waals surface area contributed by atoms with Crippen molar-refractivity contribution in [3.8, 4) is 16.5 Å². The van der Waals surface area contributed by atoms with Crippen molar-refractivity contribution in [3.63, 3.8) is 0 Å². The summed E-state index contributed by atoms with van der Waals surface area (Å²) < 4.78 is 5.48. The summed E-state index contributed by atoms with van der Waals surface area (Å²) in [6.45, 7) is 6.59. The molecule has 0 aliphatic carbocycles. The maximum absolute atomic E-state index is 13.7. The van der Waals surface area contributed by atoms with Gasteiger partial charge in [-0.25, -0.2) is 0 Å². The van der Waals surface area contributed by atoms with Gasteiger partial charge >= 0.3 is 6.09 Å². The molecule has 1 fully saturated rings. The number of hydrogen-bond donors (Lipinski definition) is 0. The molecule has 0 unspecified atom stereocenters. The number of carbonyl (C=O) groups is 2. The van der Waals surface area contributed by atoms with Gasteiger partial charge in [0.1, 0.15) is 4.92 Å². The number of hydrogen-bond acceptors (Lipinski definition) is 11. The molecule has 1 aromatic heterocycles. The molecule has 1 amide bonds. The van der Waals surface area contributed by atoms with Gasteiger partial charge < -0.3 is 4.74 Å². The minimum atomic E-state index is -1.65. The lowest BCUT2D eigenvalue weighted by Crippen LogP contribution is -2.54. The van der Waals surface area contributed by atoms with Crippen molar-refractivity contribution < 1.29 is 24.1 Å². The lowest BCUT2D eigenvalue weighted by atomic mass is 9.90. The van der Waals surface area contributed by atoms with Crippen LogP contribution >= 0.6 is 23.1 Å². The number of benzene rings is 2. The van der Waals surface area contributed by atoms with Crippen LogP contribution in [0.15, 0.2) is 74.9 Å². The molecule has 43 heavy (non-hydrogen) atoms. The molecule has 4 rings (SSSR count). The number of amides is 1. The summed E-state index contributed by atoms with van der Waals surface area (Å²) in [4.78, 5) is 44.2. The first-order chi connectivity index (χ1) is 20.7. The van der Waals surface area contributed by atoms with Crippen molar-refractivity contribution in [2.45, 2.75) is 54.9 Å². The summed E-state index contributed by atoms with van der Waals surface area (Å²) >= 11 is 3.16. The van der Waals surface area contributed by atoms with E-state index in [9.17, 15) is 19.7 Å². The monoisotopic (exact) mass is 620 g/mol. The zero-order valence-corrected chi connectivity index (χ0v) is 25.6. The molecule has 0 atom stereocenters. The molecule has 1 aliphatic rings. The second kappa shape index (κ2) is 15.0. The number of thiophene rings is 1. The first-order valence-corrected chi connectivity index (χ1v) is 15.5. The maximum Gasteiger partial charge on any atom is 0.683 e. The minimum Gasteiger partial charge on any atom is -0.379 e. The summed E-state index contributed by atoms with van der Waals surface area (Å²) in [5.41, 5.74) is 2.00. The van der Waals surface area contributed by atoms with E-state index in [0.717, 1.165) is 20.2 Å². The average molecular weight is 621 g/mol. The first kappa shape index (κ1) is 32.0. The number of nitro groups is 1. The van der Waals surface area contributed by atoms with Gasteiger partial charge in [-0.15, -0.1) is 11.3 Å². The van der Waals surface area contributed by atoms with E-state index in [4.69, 9.17) is 10.00 Å². The highest BCUT2D eigenvalue weighted by Gasteiger charge is 2.36. The van der Waals surface area contributed by atoms with Crippen LogP contribution in [-0.2, 0) is 9.57 Å². The molecule has 0 bridgehead atoms. The van der Waals surface area contributed by atoms with Gasteiger partial charge in [0.15, 0.2) is 5.78 Å². The Labute approximate surface area is 258 Å². The van der Waals surface area contributed by atoms with E-state index < -0.39 is 16.6 Å². The maximum atomic E-state index is 13.7. The van der Waals surface area contributed by atoms with E-state index in [1.54, 1.807) is 23.1 Å². The van der Waals surface area contributed by atoms with Crippen LogP contribution < -0.4 is 0 Å². The molecule has 10 nitrogen and oxygen atoms in total. The molecule has 12 heteroatoms. The van der Waals surface area contributed by atoms with Crippen molar-refractivity contribution in [2.75, 3.05) is 26.3 Å². The normalized spacial score (nSPS) is 14.2. The number of Topliss-reactive ketones (excluding diaryl/α,β-unsaturated/α-hetero) is 1. The quantitative estimate of drug-likeness (QED) is 0.0520. The smallest absolute Gasteiger partial charge is 0.379 e. The van der Waals surface area contributed by atoms with Gasteiger partial charge in [0.05, 0.1) is 30.5 Å². The number of oxime groups is 1. The van der Waals surface area contributed by atoms with Crippen molar-refractivity contribution in [3.05, 3.63) is 81.2 Å². The van der Waals surface area contributed by atoms with Crippen LogP contribution in [0.3, 0.4) is 0 Å². The number of carbonyl (C=O) groups excluding carboxylic acids is 2. The number of unbranched alkanes of at least 4 members (excludes halogenated alkanes) is 2. The highest BCUT2D eigenvalue weighted by atomic mass is 32.2. The molecule has 0 radical (unpaired) electrons. The van der Waals surface area contributed by atoms with Crippen LogP contribution in [0.1, 0.15) is 55.5 Å². The van der Waals surface area contributed by atoms with Gasteiger partial charge in [-0.05, 0) is 74.4 Å². The van der Waals surface area contributed by atoms with Gasteiger partial charge in [0.2, 0.25) is 0 Å². The van der Waals surface area contributed by atoms with E-state index in [-0.39, 0.29) is 5.78 Å². The number of ketones is 1. The molecular weight excluding hydrogens is 588 g/mol. The van der Waals surface area contributed by atoms with Crippen LogP contribution in [0, 0.1) is 21.4 Å². The predicted octanol–water partition coefficient (Wildman–Crippen LogP) is 7.06. The Balaban J connectivity index is 1.57. The number of nitriles is 1. The Bertz CT molecular complexity index is 1510. The van der Waals surface area contributed by atoms with Crippen LogP contribution in [0.4, 0.5) is 4.79 Å². The van der Waals surface area contributed by atoms with Crippen molar-refractivity contribution in [1.29, 1.82) is 5.26 Å². The Morgan fingerprint density at radius 2 is 1.86 bits per heavy atom. The summed E-state index contributed by atoms with van der Waals surface area (Å²) in [5.74, 6) is 0.0625. The van der Waals surface area contributed by atoms with Gasteiger partial charge in [-0.1, -0.05) is 41.2 Å². The molecular formula is C31H32N4O6S2. The summed E-state index contributed by atoms with van der Waals surface area (Å²) in [5, 5.41) is 25.2. The fraction of sp³-hybridized carbons (Fsp3) is 0.355. The van der Waals surface area contributed by atoms with Crippen molar-refractivity contribution in [2.24, 2.45) is 5.16 Å². The third-order valence-corrected chi connectivity index (χ3v) is 9.12. The number of rotatable bonds is 12. The highest BCUT2D eigenvalue weighted by molar-refractivity contribution is 7.99. The van der Waals surface area contributed by atoms with E-state index in [1.165, 1.54) is 0 Å². The van der Waals surface area contributed by atoms with Crippen LogP contribution in [0.2, 0.25) is 0 Å². The molecule has 0 spiro atoms. The largest absolute Gasteiger partial charge is 0.683 e. The van der Waals surface area contributed by atoms with Gasteiger partial charge in [-0.3, -0.25) is 24.6 Å². The van der Waals surface area contributed by atoms with Crippen molar-refractivity contribution in [1.82, 2.24) is 4.90 Å². The lowest BCUT2D eigenvalue weighted by Gasteiger charge is -2.39. The Morgan fingerprint density at radius 3 is 2.51 bits per heavy atom. The molecule has 1 saturated heterocycles. The average Bonchev–Trinajstić information content (AvgIpc) is 3.56. The van der Waals surface area contributed by atoms with Crippen LogP contribution in [0.25, 0.3) is 10.4 Å². The molecule has 0 saturated carbocycles. The topological polar surface area (TPSA) is 135 Å². The van der Waals surface area contributed by atoms with Gasteiger partial charge in [-0.2, -0.15) is 10.1 Å². The summed E-state index contributed by atoms with van der Waals surface area (Å²) in [6, 6.07) is 19.4. The Kier molecular flexibility index (Phi) is 11.2. The van der Waals surface area contributed by atoms with Gasteiger partial charge in [0.25, 0.3) is 0 Å². The standard InChI is InChI=1S/C31H32N4O6S2/c1-31(2,34-16-18-40-19-17-34)29(36)23-11-14-28(25(21-23)27-8-6-20-42-27)43-24-12-9-22(10-13-24)26(7-4-3-5-15-32)33-41-30(37)35(38)39/h6,8-14,20-21H,3-5,7,16-19H2,1-2H3/b33-26+. The fourth-order valence-electron chi connectivity index (χ4n) is 4.71. The van der Waals surface area contributed by atoms with Crippen LogP contribution in [-0.4, -0.2) is 59.3 Å². The third kappa shape index (κ3) is 8.36. The second-order valence-electron chi connectivity index (χ2n) is 10.3. The Hall–Kier alpha value is -3.89. The van der Waals surface area contributed by atoms with E-state index in [1.807, 2.05) is 73.8 Å². The van der Waals surface area contributed by atoms with Crippen LogP contribution in [0.5, 0.6) is 0 Å². The molecule has 2 aromatic carbocycles. The molecule has 2 heterocycles. The second-order valence-corrected chi connectivity index (χ2v) is 12.4. The Morgan fingerprint density at radius 1 is 1.14 bits per heavy atom. The fourth-order valence-corrected chi connectivity index (χ4v) is 6.48. The molecule has 1 aliphatic heterocycles. The highest BCUT2D eigenvalue weighted by Crippen LogP contribution is 2.39. The number of morpholine rings is 1. The summed E-state index contributed by atoms with van der Waals surface area (Å²) in [6.07, 6.45) is 0.339.